The average Bonchev–Trinajstić information content (AvgIpc) is 2.65. The predicted molar refractivity (Wildman–Crippen MR) is 61.1 cm³/mol. The number of carbonyl (C=O) groups is 1. The van der Waals surface area contributed by atoms with E-state index in [1.807, 2.05) is 17.8 Å². The van der Waals surface area contributed by atoms with E-state index >= 15 is 0 Å². The number of hydrogen-bond acceptors (Lipinski definition) is 2. The van der Waals surface area contributed by atoms with Crippen LogP contribution in [0.5, 0.6) is 0 Å². The molecule has 0 spiro atoms. The molecule has 0 saturated carbocycles. The lowest BCUT2D eigenvalue weighted by Gasteiger charge is -2.31. The molecule has 4 nitrogen and oxygen atoms in total. The highest BCUT2D eigenvalue weighted by Gasteiger charge is 2.28. The van der Waals surface area contributed by atoms with Crippen molar-refractivity contribution < 1.29 is 9.90 Å². The van der Waals surface area contributed by atoms with Gasteiger partial charge in [-0.2, -0.15) is 0 Å². The van der Waals surface area contributed by atoms with E-state index < -0.39 is 5.97 Å². The number of piperidine rings is 1. The van der Waals surface area contributed by atoms with Crippen LogP contribution in [0.15, 0.2) is 18.5 Å². The van der Waals surface area contributed by atoms with Gasteiger partial charge in [-0.1, -0.05) is 0 Å². The molecule has 2 N–H and O–H groups in total. The van der Waals surface area contributed by atoms with Gasteiger partial charge < -0.3 is 15.0 Å². The maximum absolute atomic E-state index is 10.8. The molecule has 1 aliphatic heterocycles. The van der Waals surface area contributed by atoms with Crippen molar-refractivity contribution >= 4 is 5.97 Å². The van der Waals surface area contributed by atoms with E-state index in [-0.39, 0.29) is 18.4 Å². The summed E-state index contributed by atoms with van der Waals surface area (Å²) in [7, 11) is 1.98. The van der Waals surface area contributed by atoms with Gasteiger partial charge >= 0.3 is 5.97 Å². The second-order valence-electron chi connectivity index (χ2n) is 4.54. The first-order valence-corrected chi connectivity index (χ1v) is 5.74. The third-order valence-electron chi connectivity index (χ3n) is 3.24. The molecule has 1 aliphatic rings. The number of aryl methyl sites for hydroxylation is 1. The highest BCUT2D eigenvalue weighted by atomic mass is 16.4. The number of nitrogens with one attached hydrogen (secondary N) is 1. The molecule has 0 aliphatic carbocycles. The van der Waals surface area contributed by atoms with Crippen molar-refractivity contribution in [2.45, 2.75) is 25.3 Å². The molecule has 88 valence electrons. The summed E-state index contributed by atoms with van der Waals surface area (Å²) in [6.07, 6.45) is 6.40. The molecule has 1 fully saturated rings. The predicted octanol–water partition coefficient (Wildman–Crippen LogP) is 1.54. The summed E-state index contributed by atoms with van der Waals surface area (Å²) in [5.41, 5.74) is 1.20. The molecule has 0 amide bonds. The van der Waals surface area contributed by atoms with Crippen molar-refractivity contribution in [1.82, 2.24) is 9.88 Å². The van der Waals surface area contributed by atoms with Crippen LogP contribution >= 0.6 is 0 Å². The second kappa shape index (κ2) is 4.70. The fraction of sp³-hybridized carbons (Fsp3) is 0.583. The lowest BCUT2D eigenvalue weighted by Crippen LogP contribution is -2.35. The summed E-state index contributed by atoms with van der Waals surface area (Å²) < 4.78 is 2.00. The summed E-state index contributed by atoms with van der Waals surface area (Å²) in [5, 5.41) is 12.3. The Hall–Kier alpha value is -1.29. The number of carboxylic acid groups (broad SMARTS) is 1. The number of carboxylic acids is 1. The van der Waals surface area contributed by atoms with E-state index in [9.17, 15) is 4.79 Å². The zero-order valence-electron chi connectivity index (χ0n) is 9.52. The first-order valence-electron chi connectivity index (χ1n) is 5.74. The second-order valence-corrected chi connectivity index (χ2v) is 4.54. The van der Waals surface area contributed by atoms with Gasteiger partial charge in [0.2, 0.25) is 0 Å². The molecule has 16 heavy (non-hydrogen) atoms. The summed E-state index contributed by atoms with van der Waals surface area (Å²) in [5.74, 6) is -0.483. The molecule has 0 radical (unpaired) electrons. The molecule has 1 aromatic rings. The minimum atomic E-state index is -0.699. The lowest BCUT2D eigenvalue weighted by molar-refractivity contribution is -0.138. The van der Waals surface area contributed by atoms with Crippen LogP contribution in [0.4, 0.5) is 0 Å². The van der Waals surface area contributed by atoms with Crippen LogP contribution in [0, 0.1) is 5.92 Å². The summed E-state index contributed by atoms with van der Waals surface area (Å²) >= 11 is 0. The van der Waals surface area contributed by atoms with Crippen LogP contribution in [-0.4, -0.2) is 22.2 Å². The molecular weight excluding hydrogens is 204 g/mol. The zero-order chi connectivity index (χ0) is 11.5. The van der Waals surface area contributed by atoms with E-state index in [2.05, 4.69) is 17.6 Å². The van der Waals surface area contributed by atoms with E-state index in [0.717, 1.165) is 19.4 Å². The van der Waals surface area contributed by atoms with Crippen LogP contribution in [0.1, 0.15) is 30.9 Å². The maximum atomic E-state index is 10.8. The van der Waals surface area contributed by atoms with Gasteiger partial charge in [0.1, 0.15) is 0 Å². The Bertz CT molecular complexity index is 373. The standard InChI is InChI=1S/C12H18N2O2/c1-14-6-4-10(8-14)12-9(7-11(15)16)3-2-5-13-12/h4,6,8-9,12-13H,2-3,5,7H2,1H3,(H,15,16)/t9-,12+/m1/s1. The highest BCUT2D eigenvalue weighted by molar-refractivity contribution is 5.67. The van der Waals surface area contributed by atoms with Crippen molar-refractivity contribution in [3.63, 3.8) is 0 Å². The van der Waals surface area contributed by atoms with E-state index in [0.29, 0.717) is 0 Å². The Morgan fingerprint density at radius 3 is 3.12 bits per heavy atom. The molecule has 0 bridgehead atoms. The van der Waals surface area contributed by atoms with Gasteiger partial charge in [-0.15, -0.1) is 0 Å². The largest absolute Gasteiger partial charge is 0.481 e. The normalized spacial score (nSPS) is 25.6. The fourth-order valence-electron chi connectivity index (χ4n) is 2.50. The van der Waals surface area contributed by atoms with Crippen molar-refractivity contribution in [2.24, 2.45) is 13.0 Å². The van der Waals surface area contributed by atoms with Gasteiger partial charge in [0, 0.05) is 31.9 Å². The van der Waals surface area contributed by atoms with Crippen molar-refractivity contribution in [3.8, 4) is 0 Å². The highest BCUT2D eigenvalue weighted by Crippen LogP contribution is 2.31. The Morgan fingerprint density at radius 2 is 2.50 bits per heavy atom. The molecule has 1 aromatic heterocycles. The Labute approximate surface area is 95.3 Å². The molecule has 2 atom stereocenters. The molecule has 2 heterocycles. The number of nitrogens with zero attached hydrogens (tertiary/aromatic N) is 1. The minimum Gasteiger partial charge on any atom is -0.481 e. The number of hydrogen-bond donors (Lipinski definition) is 2. The third kappa shape index (κ3) is 2.44. The average molecular weight is 222 g/mol. The summed E-state index contributed by atoms with van der Waals surface area (Å²) in [4.78, 5) is 10.8. The smallest absolute Gasteiger partial charge is 0.303 e. The van der Waals surface area contributed by atoms with E-state index in [4.69, 9.17) is 5.11 Å². The van der Waals surface area contributed by atoms with Crippen molar-refractivity contribution in [1.29, 1.82) is 0 Å². The van der Waals surface area contributed by atoms with Gasteiger partial charge in [-0.25, -0.2) is 0 Å². The SMILES string of the molecule is Cn1ccc([C@H]2NCCC[C@@H]2CC(=O)O)c1. The van der Waals surface area contributed by atoms with Gasteiger partial charge in [0.05, 0.1) is 0 Å². The maximum Gasteiger partial charge on any atom is 0.303 e. The first-order chi connectivity index (χ1) is 7.66. The van der Waals surface area contributed by atoms with Crippen molar-refractivity contribution in [2.75, 3.05) is 6.54 Å². The summed E-state index contributed by atoms with van der Waals surface area (Å²) in [6, 6.07) is 2.27. The lowest BCUT2D eigenvalue weighted by atomic mass is 9.85. The molecule has 4 heteroatoms. The monoisotopic (exact) mass is 222 g/mol. The van der Waals surface area contributed by atoms with Gasteiger partial charge in [-0.3, -0.25) is 4.79 Å². The van der Waals surface area contributed by atoms with E-state index in [1.165, 1.54) is 5.56 Å². The third-order valence-corrected chi connectivity index (χ3v) is 3.24. The molecule has 2 rings (SSSR count). The summed E-state index contributed by atoms with van der Waals surface area (Å²) in [6.45, 7) is 0.982. The van der Waals surface area contributed by atoms with Crippen LogP contribution < -0.4 is 5.32 Å². The van der Waals surface area contributed by atoms with Gasteiger partial charge in [-0.05, 0) is 36.9 Å². The first kappa shape index (κ1) is 11.2. The zero-order valence-corrected chi connectivity index (χ0v) is 9.52. The molecule has 0 aromatic carbocycles. The minimum absolute atomic E-state index is 0.200. The number of rotatable bonds is 3. The van der Waals surface area contributed by atoms with E-state index in [1.54, 1.807) is 0 Å². The van der Waals surface area contributed by atoms with Crippen LogP contribution in [-0.2, 0) is 11.8 Å². The Balaban J connectivity index is 2.12. The molecule has 0 unspecified atom stereocenters. The Kier molecular flexibility index (Phi) is 3.29. The van der Waals surface area contributed by atoms with Gasteiger partial charge in [0.25, 0.3) is 0 Å². The topological polar surface area (TPSA) is 54.3 Å². The Morgan fingerprint density at radius 1 is 1.69 bits per heavy atom. The van der Waals surface area contributed by atoms with Crippen LogP contribution in [0.3, 0.4) is 0 Å². The van der Waals surface area contributed by atoms with Crippen LogP contribution in [0.2, 0.25) is 0 Å². The number of aliphatic carboxylic acids is 1. The molecular formula is C12H18N2O2. The fourth-order valence-corrected chi connectivity index (χ4v) is 2.50. The van der Waals surface area contributed by atoms with Crippen LogP contribution in [0.25, 0.3) is 0 Å². The van der Waals surface area contributed by atoms with Gasteiger partial charge in [0.15, 0.2) is 0 Å². The molecule has 1 saturated heterocycles. The quantitative estimate of drug-likeness (QED) is 0.815. The number of aromatic nitrogens is 1. The van der Waals surface area contributed by atoms with Crippen molar-refractivity contribution in [3.05, 3.63) is 24.0 Å².